The Kier molecular flexibility index (Phi) is 6.39. The number of halogens is 1. The van der Waals surface area contributed by atoms with E-state index in [0.29, 0.717) is 37.3 Å². The third-order valence-electron chi connectivity index (χ3n) is 5.66. The number of pyridine rings is 1. The Morgan fingerprint density at radius 3 is 2.42 bits per heavy atom. The molecule has 0 bridgehead atoms. The fourth-order valence-corrected chi connectivity index (χ4v) is 4.06. The molecule has 0 radical (unpaired) electrons. The second kappa shape index (κ2) is 9.36. The largest absolute Gasteiger partial charge is 0.507 e. The first-order valence-electron chi connectivity index (χ1n) is 10.3. The number of nitrogens with zero attached hydrogens (tertiary/aromatic N) is 3. The maximum Gasteiger partial charge on any atom is 0.295 e. The van der Waals surface area contributed by atoms with Crippen molar-refractivity contribution >= 4 is 17.4 Å². The number of carbonyl (C=O) groups is 2. The minimum absolute atomic E-state index is 0.00850. The Labute approximate surface area is 179 Å². The molecule has 0 saturated carbocycles. The van der Waals surface area contributed by atoms with Crippen LogP contribution in [0.25, 0.3) is 5.76 Å². The minimum Gasteiger partial charge on any atom is -0.507 e. The molecule has 2 aliphatic rings. The Bertz CT molecular complexity index is 972. The van der Waals surface area contributed by atoms with Crippen LogP contribution in [-0.4, -0.2) is 71.0 Å². The van der Waals surface area contributed by atoms with Gasteiger partial charge in [-0.2, -0.15) is 0 Å². The molecule has 2 saturated heterocycles. The van der Waals surface area contributed by atoms with Gasteiger partial charge in [0.15, 0.2) is 0 Å². The lowest BCUT2D eigenvalue weighted by atomic mass is 9.95. The molecule has 1 amide bonds. The third-order valence-corrected chi connectivity index (χ3v) is 5.66. The summed E-state index contributed by atoms with van der Waals surface area (Å²) in [6.07, 6.45) is 3.67. The number of rotatable bonds is 6. The number of morpholine rings is 1. The van der Waals surface area contributed by atoms with Crippen molar-refractivity contribution in [3.63, 3.8) is 0 Å². The van der Waals surface area contributed by atoms with Gasteiger partial charge < -0.3 is 14.7 Å². The molecular formula is C23H24FN3O4. The van der Waals surface area contributed by atoms with Crippen LogP contribution in [0.4, 0.5) is 4.39 Å². The van der Waals surface area contributed by atoms with Gasteiger partial charge in [0.2, 0.25) is 0 Å². The zero-order valence-corrected chi connectivity index (χ0v) is 17.0. The summed E-state index contributed by atoms with van der Waals surface area (Å²) in [4.78, 5) is 33.5. The summed E-state index contributed by atoms with van der Waals surface area (Å²) < 4.78 is 18.9. The predicted octanol–water partition coefficient (Wildman–Crippen LogP) is 2.36. The van der Waals surface area contributed by atoms with E-state index in [9.17, 15) is 19.1 Å². The molecule has 1 atom stereocenters. The lowest BCUT2D eigenvalue weighted by molar-refractivity contribution is -0.140. The van der Waals surface area contributed by atoms with E-state index in [-0.39, 0.29) is 11.3 Å². The molecule has 162 valence electrons. The number of amides is 1. The van der Waals surface area contributed by atoms with Crippen molar-refractivity contribution in [2.75, 3.05) is 39.4 Å². The van der Waals surface area contributed by atoms with E-state index >= 15 is 0 Å². The predicted molar refractivity (Wildman–Crippen MR) is 112 cm³/mol. The summed E-state index contributed by atoms with van der Waals surface area (Å²) in [5.74, 6) is -2.07. The number of hydrogen-bond acceptors (Lipinski definition) is 6. The SMILES string of the molecule is O=C1C(=O)N(CCCN2CCOCC2)C(c2ccc(F)cc2)C1=C(O)c1ccncc1. The molecule has 31 heavy (non-hydrogen) atoms. The molecular weight excluding hydrogens is 401 g/mol. The number of aliphatic hydroxyl groups is 1. The fourth-order valence-electron chi connectivity index (χ4n) is 4.06. The quantitative estimate of drug-likeness (QED) is 0.435. The van der Waals surface area contributed by atoms with Crippen LogP contribution in [0.1, 0.15) is 23.6 Å². The highest BCUT2D eigenvalue weighted by Gasteiger charge is 2.45. The van der Waals surface area contributed by atoms with Crippen LogP contribution in [0.2, 0.25) is 0 Å². The van der Waals surface area contributed by atoms with Crippen molar-refractivity contribution in [2.24, 2.45) is 0 Å². The van der Waals surface area contributed by atoms with Gasteiger partial charge in [0.25, 0.3) is 11.7 Å². The average Bonchev–Trinajstić information content (AvgIpc) is 3.05. The second-order valence-electron chi connectivity index (χ2n) is 7.59. The average molecular weight is 425 g/mol. The molecule has 2 aromatic rings. The maximum atomic E-state index is 13.5. The molecule has 4 rings (SSSR count). The Balaban J connectivity index is 1.65. The molecule has 2 aliphatic heterocycles. The zero-order chi connectivity index (χ0) is 21.8. The van der Waals surface area contributed by atoms with Gasteiger partial charge in [0, 0.05) is 44.1 Å². The molecule has 0 spiro atoms. The van der Waals surface area contributed by atoms with E-state index in [1.54, 1.807) is 24.3 Å². The Morgan fingerprint density at radius 1 is 1.06 bits per heavy atom. The Hall–Kier alpha value is -3.10. The first-order valence-corrected chi connectivity index (χ1v) is 10.3. The van der Waals surface area contributed by atoms with Gasteiger partial charge in [-0.1, -0.05) is 12.1 Å². The monoisotopic (exact) mass is 425 g/mol. The lowest BCUT2D eigenvalue weighted by Crippen LogP contribution is -2.38. The number of hydrogen-bond donors (Lipinski definition) is 1. The van der Waals surface area contributed by atoms with Crippen LogP contribution in [0.3, 0.4) is 0 Å². The van der Waals surface area contributed by atoms with Crippen LogP contribution in [0, 0.1) is 5.82 Å². The first-order chi connectivity index (χ1) is 15.1. The summed E-state index contributed by atoms with van der Waals surface area (Å²) in [6.45, 7) is 4.16. The van der Waals surface area contributed by atoms with Crippen LogP contribution >= 0.6 is 0 Å². The number of benzene rings is 1. The van der Waals surface area contributed by atoms with E-state index in [1.807, 2.05) is 0 Å². The summed E-state index contributed by atoms with van der Waals surface area (Å²) >= 11 is 0. The highest BCUT2D eigenvalue weighted by atomic mass is 19.1. The van der Waals surface area contributed by atoms with Crippen molar-refractivity contribution in [1.82, 2.24) is 14.8 Å². The van der Waals surface area contributed by atoms with Crippen LogP contribution < -0.4 is 0 Å². The molecule has 0 aliphatic carbocycles. The highest BCUT2D eigenvalue weighted by molar-refractivity contribution is 6.46. The van der Waals surface area contributed by atoms with E-state index in [0.717, 1.165) is 19.6 Å². The topological polar surface area (TPSA) is 83.0 Å². The lowest BCUT2D eigenvalue weighted by Gasteiger charge is -2.29. The van der Waals surface area contributed by atoms with Gasteiger partial charge in [-0.05, 0) is 36.2 Å². The van der Waals surface area contributed by atoms with Crippen LogP contribution in [0.15, 0.2) is 54.4 Å². The van der Waals surface area contributed by atoms with Gasteiger partial charge in [-0.15, -0.1) is 0 Å². The molecule has 1 unspecified atom stereocenters. The molecule has 1 aromatic carbocycles. The van der Waals surface area contributed by atoms with Gasteiger partial charge in [0.1, 0.15) is 11.6 Å². The van der Waals surface area contributed by atoms with Gasteiger partial charge in [-0.25, -0.2) is 4.39 Å². The Morgan fingerprint density at radius 2 is 1.74 bits per heavy atom. The maximum absolute atomic E-state index is 13.5. The van der Waals surface area contributed by atoms with Gasteiger partial charge in [-0.3, -0.25) is 19.5 Å². The number of Topliss-reactive ketones (excluding diaryl/α,β-unsaturated/α-hetero) is 1. The van der Waals surface area contributed by atoms with Crippen molar-refractivity contribution < 1.29 is 23.8 Å². The van der Waals surface area contributed by atoms with E-state index < -0.39 is 23.5 Å². The van der Waals surface area contributed by atoms with E-state index in [4.69, 9.17) is 4.74 Å². The van der Waals surface area contributed by atoms with Gasteiger partial charge in [0.05, 0.1) is 24.8 Å². The number of aromatic nitrogens is 1. The standard InChI is InChI=1S/C23H24FN3O4/c24-18-4-2-16(3-5-18)20-19(21(28)17-6-8-25-9-7-17)22(29)23(30)27(20)11-1-10-26-12-14-31-15-13-26/h2-9,20,28H,1,10-15H2. The first kappa shape index (κ1) is 21.1. The van der Waals surface area contributed by atoms with Gasteiger partial charge >= 0.3 is 0 Å². The smallest absolute Gasteiger partial charge is 0.295 e. The second-order valence-corrected chi connectivity index (χ2v) is 7.59. The van der Waals surface area contributed by atoms with E-state index in [1.165, 1.54) is 29.4 Å². The summed E-state index contributed by atoms with van der Waals surface area (Å²) in [7, 11) is 0. The number of likely N-dealkylation sites (tertiary alicyclic amines) is 1. The fraction of sp³-hybridized carbons (Fsp3) is 0.348. The summed E-state index contributed by atoms with van der Waals surface area (Å²) in [6, 6.07) is 8.02. The van der Waals surface area contributed by atoms with Crippen LogP contribution in [-0.2, 0) is 14.3 Å². The van der Waals surface area contributed by atoms with Crippen LogP contribution in [0.5, 0.6) is 0 Å². The summed E-state index contributed by atoms with van der Waals surface area (Å²) in [5.41, 5.74) is 0.977. The molecule has 7 nitrogen and oxygen atoms in total. The highest BCUT2D eigenvalue weighted by Crippen LogP contribution is 2.39. The zero-order valence-electron chi connectivity index (χ0n) is 17.0. The molecule has 1 aromatic heterocycles. The molecule has 8 heteroatoms. The number of carbonyl (C=O) groups excluding carboxylic acids is 2. The van der Waals surface area contributed by atoms with Crippen molar-refractivity contribution in [3.8, 4) is 0 Å². The normalized spacial score (nSPS) is 21.6. The van der Waals surface area contributed by atoms with E-state index in [2.05, 4.69) is 9.88 Å². The molecule has 2 fully saturated rings. The molecule has 3 heterocycles. The number of ketones is 1. The number of aliphatic hydroxyl groups excluding tert-OH is 1. The van der Waals surface area contributed by atoms with Crippen molar-refractivity contribution in [2.45, 2.75) is 12.5 Å². The number of ether oxygens (including phenoxy) is 1. The molecule has 1 N–H and O–H groups in total. The summed E-state index contributed by atoms with van der Waals surface area (Å²) in [5, 5.41) is 10.9. The van der Waals surface area contributed by atoms with Crippen molar-refractivity contribution in [1.29, 1.82) is 0 Å². The minimum atomic E-state index is -0.779. The van der Waals surface area contributed by atoms with Crippen molar-refractivity contribution in [3.05, 3.63) is 71.3 Å². The third kappa shape index (κ3) is 4.50.